The number of aliphatic carboxylic acids is 1. The Labute approximate surface area is 159 Å². The Hall–Kier alpha value is -3.87. The molecule has 0 unspecified atom stereocenters. The van der Waals surface area contributed by atoms with Crippen LogP contribution in [0.2, 0.25) is 0 Å². The van der Waals surface area contributed by atoms with Crippen LogP contribution in [0.5, 0.6) is 0 Å². The highest BCUT2D eigenvalue weighted by Crippen LogP contribution is 2.28. The summed E-state index contributed by atoms with van der Waals surface area (Å²) in [7, 11) is 0. The lowest BCUT2D eigenvalue weighted by atomic mass is 10.0. The van der Waals surface area contributed by atoms with E-state index in [1.54, 1.807) is 48.7 Å². The van der Waals surface area contributed by atoms with Crippen molar-refractivity contribution in [3.63, 3.8) is 0 Å². The van der Waals surface area contributed by atoms with Crippen molar-refractivity contribution in [1.29, 1.82) is 0 Å². The topological polar surface area (TPSA) is 115 Å². The summed E-state index contributed by atoms with van der Waals surface area (Å²) in [5.41, 5.74) is 2.61. The van der Waals surface area contributed by atoms with Gasteiger partial charge in [0.25, 0.3) is 11.5 Å². The molecule has 0 bridgehead atoms. The van der Waals surface area contributed by atoms with Crippen molar-refractivity contribution in [1.82, 2.24) is 9.97 Å². The monoisotopic (exact) mass is 375 g/mol. The molecule has 2 heterocycles. The van der Waals surface area contributed by atoms with E-state index in [0.717, 1.165) is 10.9 Å². The van der Waals surface area contributed by atoms with Gasteiger partial charge in [0.15, 0.2) is 0 Å². The SMILES string of the molecule is O=C(O)CCc1c[nH]c2c(=O)[nH]c3ccc(NC(=O)c4ccccc4)cc3c12. The Balaban J connectivity index is 1.79. The normalized spacial score (nSPS) is 11.0. The smallest absolute Gasteiger partial charge is 0.303 e. The van der Waals surface area contributed by atoms with Gasteiger partial charge in [0, 0.05) is 40.2 Å². The van der Waals surface area contributed by atoms with Gasteiger partial charge in [-0.3, -0.25) is 14.4 Å². The first kappa shape index (κ1) is 17.5. The molecule has 4 aromatic rings. The Morgan fingerprint density at radius 3 is 2.61 bits per heavy atom. The number of carboxylic acid groups (broad SMARTS) is 1. The predicted octanol–water partition coefficient (Wildman–Crippen LogP) is 3.28. The van der Waals surface area contributed by atoms with Gasteiger partial charge in [-0.25, -0.2) is 0 Å². The van der Waals surface area contributed by atoms with Crippen molar-refractivity contribution in [2.24, 2.45) is 0 Å². The fourth-order valence-corrected chi connectivity index (χ4v) is 3.31. The Morgan fingerprint density at radius 1 is 1.07 bits per heavy atom. The number of hydrogen-bond donors (Lipinski definition) is 4. The van der Waals surface area contributed by atoms with Gasteiger partial charge in [0.2, 0.25) is 0 Å². The van der Waals surface area contributed by atoms with E-state index in [4.69, 9.17) is 5.11 Å². The first-order chi connectivity index (χ1) is 13.5. The summed E-state index contributed by atoms with van der Waals surface area (Å²) in [6, 6.07) is 14.1. The van der Waals surface area contributed by atoms with Crippen LogP contribution in [0.4, 0.5) is 5.69 Å². The molecule has 0 atom stereocenters. The molecule has 0 saturated heterocycles. The number of pyridine rings is 1. The summed E-state index contributed by atoms with van der Waals surface area (Å²) in [6.07, 6.45) is 1.93. The number of aromatic amines is 2. The second-order valence-corrected chi connectivity index (χ2v) is 6.49. The highest BCUT2D eigenvalue weighted by Gasteiger charge is 2.14. The zero-order valence-electron chi connectivity index (χ0n) is 14.8. The molecule has 0 fully saturated rings. The summed E-state index contributed by atoms with van der Waals surface area (Å²) < 4.78 is 0. The third kappa shape index (κ3) is 3.25. The fraction of sp³-hybridized carbons (Fsp3) is 0.0952. The molecule has 140 valence electrons. The number of carbonyl (C=O) groups is 2. The molecule has 0 saturated carbocycles. The Bertz CT molecular complexity index is 1260. The summed E-state index contributed by atoms with van der Waals surface area (Å²) in [5, 5.41) is 13.2. The van der Waals surface area contributed by atoms with Crippen LogP contribution < -0.4 is 10.9 Å². The second-order valence-electron chi connectivity index (χ2n) is 6.49. The lowest BCUT2D eigenvalue weighted by Gasteiger charge is -2.08. The molecule has 4 rings (SSSR count). The van der Waals surface area contributed by atoms with E-state index in [-0.39, 0.29) is 17.9 Å². The van der Waals surface area contributed by atoms with Crippen LogP contribution in [0.3, 0.4) is 0 Å². The molecular formula is C21H17N3O4. The van der Waals surface area contributed by atoms with Crippen LogP contribution in [0.1, 0.15) is 22.3 Å². The molecule has 2 aromatic carbocycles. The Morgan fingerprint density at radius 2 is 1.86 bits per heavy atom. The number of carbonyl (C=O) groups excluding carboxylic acids is 1. The highest BCUT2D eigenvalue weighted by molar-refractivity contribution is 6.09. The van der Waals surface area contributed by atoms with Gasteiger partial charge in [-0.2, -0.15) is 0 Å². The standard InChI is InChI=1S/C21H17N3O4/c25-17(26)9-6-13-11-22-19-18(13)15-10-14(7-8-16(15)24-21(19)28)23-20(27)12-4-2-1-3-5-12/h1-5,7-8,10-11,22H,6,9H2,(H,23,27)(H,24,28)(H,25,26). The average molecular weight is 375 g/mol. The van der Waals surface area contributed by atoms with Gasteiger partial charge in [0.05, 0.1) is 0 Å². The summed E-state index contributed by atoms with van der Waals surface area (Å²) in [5.74, 6) is -1.14. The predicted molar refractivity (Wildman–Crippen MR) is 107 cm³/mol. The number of anilines is 1. The van der Waals surface area contributed by atoms with Crippen LogP contribution in [0.15, 0.2) is 59.5 Å². The van der Waals surface area contributed by atoms with Crippen LogP contribution in [0.25, 0.3) is 21.8 Å². The summed E-state index contributed by atoms with van der Waals surface area (Å²) in [4.78, 5) is 41.4. The van der Waals surface area contributed by atoms with E-state index in [1.807, 2.05) is 6.07 Å². The molecule has 28 heavy (non-hydrogen) atoms. The van der Waals surface area contributed by atoms with E-state index >= 15 is 0 Å². The quantitative estimate of drug-likeness (QED) is 0.428. The molecule has 4 N–H and O–H groups in total. The number of H-pyrrole nitrogens is 2. The molecule has 1 amide bonds. The van der Waals surface area contributed by atoms with E-state index in [0.29, 0.717) is 34.1 Å². The van der Waals surface area contributed by atoms with Crippen LogP contribution in [0, 0.1) is 0 Å². The number of aryl methyl sites for hydroxylation is 1. The van der Waals surface area contributed by atoms with Gasteiger partial charge in [0.1, 0.15) is 5.52 Å². The largest absolute Gasteiger partial charge is 0.481 e. The zero-order valence-corrected chi connectivity index (χ0v) is 14.8. The third-order valence-corrected chi connectivity index (χ3v) is 4.63. The molecule has 2 aromatic heterocycles. The van der Waals surface area contributed by atoms with E-state index in [9.17, 15) is 14.4 Å². The maximum absolute atomic E-state index is 12.4. The number of rotatable bonds is 5. The maximum Gasteiger partial charge on any atom is 0.303 e. The molecule has 0 spiro atoms. The van der Waals surface area contributed by atoms with Crippen molar-refractivity contribution in [3.05, 3.63) is 76.2 Å². The van der Waals surface area contributed by atoms with Crippen molar-refractivity contribution in [2.75, 3.05) is 5.32 Å². The molecule has 0 aliphatic rings. The summed E-state index contributed by atoms with van der Waals surface area (Å²) in [6.45, 7) is 0. The Kier molecular flexibility index (Phi) is 4.41. The summed E-state index contributed by atoms with van der Waals surface area (Å²) >= 11 is 0. The number of hydrogen-bond acceptors (Lipinski definition) is 3. The number of nitrogens with one attached hydrogen (secondary N) is 3. The van der Waals surface area contributed by atoms with Gasteiger partial charge in [-0.05, 0) is 42.3 Å². The number of benzene rings is 2. The number of amides is 1. The van der Waals surface area contributed by atoms with E-state index < -0.39 is 5.97 Å². The van der Waals surface area contributed by atoms with Crippen molar-refractivity contribution < 1.29 is 14.7 Å². The first-order valence-electron chi connectivity index (χ1n) is 8.77. The fourth-order valence-electron chi connectivity index (χ4n) is 3.31. The highest BCUT2D eigenvalue weighted by atomic mass is 16.4. The van der Waals surface area contributed by atoms with Crippen LogP contribution in [-0.4, -0.2) is 27.0 Å². The van der Waals surface area contributed by atoms with Gasteiger partial charge in [-0.1, -0.05) is 18.2 Å². The second kappa shape index (κ2) is 7.03. The number of aromatic nitrogens is 2. The van der Waals surface area contributed by atoms with Crippen LogP contribution in [-0.2, 0) is 11.2 Å². The molecule has 0 radical (unpaired) electrons. The molecule has 0 aliphatic heterocycles. The van der Waals surface area contributed by atoms with E-state index in [2.05, 4.69) is 15.3 Å². The number of fused-ring (bicyclic) bond motifs is 3. The minimum atomic E-state index is -0.903. The van der Waals surface area contributed by atoms with E-state index in [1.165, 1.54) is 0 Å². The molecule has 0 aliphatic carbocycles. The zero-order chi connectivity index (χ0) is 19.7. The average Bonchev–Trinajstić information content (AvgIpc) is 3.12. The minimum absolute atomic E-state index is 0.0360. The van der Waals surface area contributed by atoms with Gasteiger partial charge < -0.3 is 20.4 Å². The molecule has 7 nitrogen and oxygen atoms in total. The van der Waals surface area contributed by atoms with Gasteiger partial charge in [-0.15, -0.1) is 0 Å². The van der Waals surface area contributed by atoms with Crippen molar-refractivity contribution >= 4 is 39.4 Å². The van der Waals surface area contributed by atoms with Gasteiger partial charge >= 0.3 is 5.97 Å². The first-order valence-corrected chi connectivity index (χ1v) is 8.77. The number of carboxylic acids is 1. The van der Waals surface area contributed by atoms with Crippen molar-refractivity contribution in [2.45, 2.75) is 12.8 Å². The molecular weight excluding hydrogens is 358 g/mol. The lowest BCUT2D eigenvalue weighted by Crippen LogP contribution is -2.12. The third-order valence-electron chi connectivity index (χ3n) is 4.63. The van der Waals surface area contributed by atoms with Crippen molar-refractivity contribution in [3.8, 4) is 0 Å². The molecule has 7 heteroatoms. The lowest BCUT2D eigenvalue weighted by molar-refractivity contribution is -0.136. The van der Waals surface area contributed by atoms with Crippen LogP contribution >= 0.6 is 0 Å². The maximum atomic E-state index is 12.4. The minimum Gasteiger partial charge on any atom is -0.481 e.